The Morgan fingerprint density at radius 2 is 1.95 bits per heavy atom. The molecular weight excluding hydrogens is 250 g/mol. The van der Waals surface area contributed by atoms with Gasteiger partial charge in [-0.15, -0.1) is 11.3 Å². The molecule has 2 heteroatoms. The molecule has 0 amide bonds. The summed E-state index contributed by atoms with van der Waals surface area (Å²) in [5, 5.41) is 5.59. The third-order valence-corrected chi connectivity index (χ3v) is 4.23. The molecule has 1 nitrogen and oxygen atoms in total. The first kappa shape index (κ1) is 14.3. The summed E-state index contributed by atoms with van der Waals surface area (Å²) in [6, 6.07) is 13.8. The molecule has 1 aromatic heterocycles. The number of nitrogens with one attached hydrogen (secondary N) is 1. The van der Waals surface area contributed by atoms with Gasteiger partial charge in [0.25, 0.3) is 0 Å². The summed E-state index contributed by atoms with van der Waals surface area (Å²) in [6.45, 7) is 4.54. The van der Waals surface area contributed by atoms with Crippen LogP contribution in [0.25, 0.3) is 0 Å². The SMILES string of the molecule is CNC(Cc1cccs1)c1cccc(CC(C)C)c1. The Morgan fingerprint density at radius 1 is 1.11 bits per heavy atom. The maximum atomic E-state index is 3.44. The molecule has 1 unspecified atom stereocenters. The first-order chi connectivity index (χ1) is 9.19. The van der Waals surface area contributed by atoms with Gasteiger partial charge in [0, 0.05) is 17.3 Å². The minimum Gasteiger partial charge on any atom is -0.313 e. The second-order valence-electron chi connectivity index (χ2n) is 5.47. The van der Waals surface area contributed by atoms with Crippen LogP contribution in [0.1, 0.15) is 35.9 Å². The summed E-state index contributed by atoms with van der Waals surface area (Å²) in [6.07, 6.45) is 2.22. The van der Waals surface area contributed by atoms with Crippen molar-refractivity contribution in [3.8, 4) is 0 Å². The van der Waals surface area contributed by atoms with E-state index in [0.29, 0.717) is 12.0 Å². The van der Waals surface area contributed by atoms with Gasteiger partial charge in [-0.25, -0.2) is 0 Å². The predicted molar refractivity (Wildman–Crippen MR) is 84.8 cm³/mol. The molecule has 0 saturated carbocycles. The molecule has 1 aromatic carbocycles. The van der Waals surface area contributed by atoms with Crippen molar-refractivity contribution >= 4 is 11.3 Å². The van der Waals surface area contributed by atoms with E-state index in [1.54, 1.807) is 0 Å². The second-order valence-corrected chi connectivity index (χ2v) is 6.50. The Balaban J connectivity index is 2.13. The van der Waals surface area contributed by atoms with Gasteiger partial charge in [0.2, 0.25) is 0 Å². The lowest BCUT2D eigenvalue weighted by molar-refractivity contribution is 0.593. The third kappa shape index (κ3) is 4.19. The fourth-order valence-corrected chi connectivity index (χ4v) is 3.18. The van der Waals surface area contributed by atoms with Gasteiger partial charge < -0.3 is 5.32 Å². The highest BCUT2D eigenvalue weighted by Gasteiger charge is 2.11. The van der Waals surface area contributed by atoms with Crippen LogP contribution in [0.4, 0.5) is 0 Å². The summed E-state index contributed by atoms with van der Waals surface area (Å²) in [5.74, 6) is 0.709. The van der Waals surface area contributed by atoms with E-state index in [-0.39, 0.29) is 0 Å². The highest BCUT2D eigenvalue weighted by molar-refractivity contribution is 7.09. The van der Waals surface area contributed by atoms with Crippen molar-refractivity contribution in [3.63, 3.8) is 0 Å². The molecule has 0 aliphatic rings. The monoisotopic (exact) mass is 273 g/mol. The number of hydrogen-bond donors (Lipinski definition) is 1. The third-order valence-electron chi connectivity index (χ3n) is 3.33. The number of rotatable bonds is 6. The molecule has 0 saturated heterocycles. The van der Waals surface area contributed by atoms with Crippen molar-refractivity contribution in [1.29, 1.82) is 0 Å². The molecule has 102 valence electrons. The van der Waals surface area contributed by atoms with Gasteiger partial charge in [0.05, 0.1) is 0 Å². The molecule has 19 heavy (non-hydrogen) atoms. The van der Waals surface area contributed by atoms with E-state index < -0.39 is 0 Å². The van der Waals surface area contributed by atoms with E-state index in [1.165, 1.54) is 16.0 Å². The molecule has 1 heterocycles. The van der Waals surface area contributed by atoms with Crippen molar-refractivity contribution in [3.05, 3.63) is 57.8 Å². The van der Waals surface area contributed by atoms with E-state index in [4.69, 9.17) is 0 Å². The minimum atomic E-state index is 0.408. The van der Waals surface area contributed by atoms with Crippen molar-refractivity contribution in [2.75, 3.05) is 7.05 Å². The summed E-state index contributed by atoms with van der Waals surface area (Å²) in [4.78, 5) is 1.44. The van der Waals surface area contributed by atoms with Crippen LogP contribution in [-0.2, 0) is 12.8 Å². The normalized spacial score (nSPS) is 12.8. The van der Waals surface area contributed by atoms with Crippen LogP contribution < -0.4 is 5.32 Å². The topological polar surface area (TPSA) is 12.0 Å². The average molecular weight is 273 g/mol. The molecule has 2 rings (SSSR count). The van der Waals surface area contributed by atoms with Gasteiger partial charge in [0.15, 0.2) is 0 Å². The molecule has 0 fully saturated rings. The van der Waals surface area contributed by atoms with Crippen LogP contribution in [0.15, 0.2) is 41.8 Å². The fraction of sp³-hybridized carbons (Fsp3) is 0.412. The van der Waals surface area contributed by atoms with Crippen molar-refractivity contribution in [2.24, 2.45) is 5.92 Å². The van der Waals surface area contributed by atoms with Gasteiger partial charge in [-0.3, -0.25) is 0 Å². The van der Waals surface area contributed by atoms with Crippen LogP contribution in [0.2, 0.25) is 0 Å². The number of hydrogen-bond acceptors (Lipinski definition) is 2. The van der Waals surface area contributed by atoms with Crippen LogP contribution in [0, 0.1) is 5.92 Å². The quantitative estimate of drug-likeness (QED) is 0.820. The second kappa shape index (κ2) is 6.88. The lowest BCUT2D eigenvalue weighted by Gasteiger charge is -2.17. The number of thiophene rings is 1. The highest BCUT2D eigenvalue weighted by Crippen LogP contribution is 2.22. The van der Waals surface area contributed by atoms with E-state index in [2.05, 4.69) is 60.9 Å². The Kier molecular flexibility index (Phi) is 5.17. The minimum absolute atomic E-state index is 0.408. The zero-order valence-electron chi connectivity index (χ0n) is 12.0. The zero-order chi connectivity index (χ0) is 13.7. The van der Waals surface area contributed by atoms with Crippen LogP contribution in [-0.4, -0.2) is 7.05 Å². The van der Waals surface area contributed by atoms with Gasteiger partial charge >= 0.3 is 0 Å². The van der Waals surface area contributed by atoms with Gasteiger partial charge in [0.1, 0.15) is 0 Å². The molecule has 2 aromatic rings. The first-order valence-electron chi connectivity index (χ1n) is 6.97. The van der Waals surface area contributed by atoms with Gasteiger partial charge in [-0.1, -0.05) is 44.2 Å². The first-order valence-corrected chi connectivity index (χ1v) is 7.85. The highest BCUT2D eigenvalue weighted by atomic mass is 32.1. The summed E-state index contributed by atoms with van der Waals surface area (Å²) in [5.41, 5.74) is 2.84. The van der Waals surface area contributed by atoms with E-state index in [9.17, 15) is 0 Å². The summed E-state index contributed by atoms with van der Waals surface area (Å²) >= 11 is 1.84. The smallest absolute Gasteiger partial charge is 0.0366 e. The average Bonchev–Trinajstić information content (AvgIpc) is 2.88. The molecule has 1 N–H and O–H groups in total. The Bertz CT molecular complexity index is 488. The molecule has 0 aliphatic carbocycles. The lowest BCUT2D eigenvalue weighted by atomic mass is 9.97. The van der Waals surface area contributed by atoms with Crippen LogP contribution in [0.5, 0.6) is 0 Å². The number of benzene rings is 1. The summed E-state index contributed by atoms with van der Waals surface area (Å²) < 4.78 is 0. The summed E-state index contributed by atoms with van der Waals surface area (Å²) in [7, 11) is 2.05. The maximum absolute atomic E-state index is 3.44. The lowest BCUT2D eigenvalue weighted by Crippen LogP contribution is -2.18. The van der Waals surface area contributed by atoms with Gasteiger partial charge in [-0.2, -0.15) is 0 Å². The van der Waals surface area contributed by atoms with Crippen molar-refractivity contribution in [1.82, 2.24) is 5.32 Å². The largest absolute Gasteiger partial charge is 0.313 e. The van der Waals surface area contributed by atoms with Crippen molar-refractivity contribution < 1.29 is 0 Å². The predicted octanol–water partition coefficient (Wildman–Crippen LogP) is 4.45. The van der Waals surface area contributed by atoms with Crippen LogP contribution in [0.3, 0.4) is 0 Å². The maximum Gasteiger partial charge on any atom is 0.0366 e. The molecule has 0 radical (unpaired) electrons. The molecule has 1 atom stereocenters. The zero-order valence-corrected chi connectivity index (χ0v) is 12.8. The standard InChI is InChI=1S/C17H23NS/c1-13(2)10-14-6-4-7-15(11-14)17(18-3)12-16-8-5-9-19-16/h4-9,11,13,17-18H,10,12H2,1-3H3. The molecular formula is C17H23NS. The van der Waals surface area contributed by atoms with Crippen LogP contribution >= 0.6 is 11.3 Å². The Hall–Kier alpha value is -1.12. The Morgan fingerprint density at radius 3 is 2.58 bits per heavy atom. The van der Waals surface area contributed by atoms with Gasteiger partial charge in [-0.05, 0) is 42.0 Å². The van der Waals surface area contributed by atoms with E-state index in [0.717, 1.165) is 12.8 Å². The molecule has 0 bridgehead atoms. The van der Waals surface area contributed by atoms with E-state index >= 15 is 0 Å². The molecule has 0 spiro atoms. The number of likely N-dealkylation sites (N-methyl/N-ethyl adjacent to an activating group) is 1. The Labute approximate surface area is 120 Å². The van der Waals surface area contributed by atoms with E-state index in [1.807, 2.05) is 18.4 Å². The van der Waals surface area contributed by atoms with Crippen molar-refractivity contribution in [2.45, 2.75) is 32.7 Å². The fourth-order valence-electron chi connectivity index (χ4n) is 2.42. The molecule has 0 aliphatic heterocycles.